The van der Waals surface area contributed by atoms with Gasteiger partial charge < -0.3 is 16.0 Å². The number of hydrogen-bond donors (Lipinski definition) is 2. The van der Waals surface area contributed by atoms with Crippen molar-refractivity contribution in [2.45, 2.75) is 25.3 Å². The molecule has 0 bridgehead atoms. The molecule has 2 rings (SSSR count). The van der Waals surface area contributed by atoms with Crippen LogP contribution in [0.5, 0.6) is 0 Å². The number of benzene rings is 1. The first-order valence-corrected chi connectivity index (χ1v) is 6.01. The Kier molecular flexibility index (Phi) is 3.64. The van der Waals surface area contributed by atoms with Crippen molar-refractivity contribution in [3.8, 4) is 0 Å². The Hall–Kier alpha value is -1.55. The summed E-state index contributed by atoms with van der Waals surface area (Å²) in [4.78, 5) is 13.9. The Morgan fingerprint density at radius 2 is 2.29 bits per heavy atom. The van der Waals surface area contributed by atoms with Crippen LogP contribution < -0.4 is 11.1 Å². The summed E-state index contributed by atoms with van der Waals surface area (Å²) < 4.78 is 0. The normalized spacial score (nSPS) is 14.9. The molecule has 1 fully saturated rings. The molecule has 4 nitrogen and oxygen atoms in total. The van der Waals surface area contributed by atoms with E-state index in [4.69, 9.17) is 5.73 Å². The topological polar surface area (TPSA) is 58.4 Å². The summed E-state index contributed by atoms with van der Waals surface area (Å²) in [6.45, 7) is 0.818. The second-order valence-electron chi connectivity index (χ2n) is 4.64. The number of carbonyl (C=O) groups is 1. The third kappa shape index (κ3) is 3.75. The van der Waals surface area contributed by atoms with Crippen LogP contribution in [0.2, 0.25) is 0 Å². The summed E-state index contributed by atoms with van der Waals surface area (Å²) in [5.41, 5.74) is 7.08. The molecule has 1 aromatic rings. The smallest absolute Gasteiger partial charge is 0.225 e. The largest absolute Gasteiger partial charge is 0.399 e. The van der Waals surface area contributed by atoms with Gasteiger partial charge in [-0.3, -0.25) is 4.79 Å². The lowest BCUT2D eigenvalue weighted by Crippen LogP contribution is -2.26. The lowest BCUT2D eigenvalue weighted by Gasteiger charge is -2.15. The first-order chi connectivity index (χ1) is 8.15. The minimum absolute atomic E-state index is 0.0445. The number of amides is 1. The van der Waals surface area contributed by atoms with E-state index in [0.717, 1.165) is 12.2 Å². The molecule has 0 atom stereocenters. The van der Waals surface area contributed by atoms with Gasteiger partial charge >= 0.3 is 0 Å². The van der Waals surface area contributed by atoms with E-state index in [-0.39, 0.29) is 5.91 Å². The zero-order chi connectivity index (χ0) is 12.3. The van der Waals surface area contributed by atoms with Crippen molar-refractivity contribution in [1.29, 1.82) is 0 Å². The van der Waals surface area contributed by atoms with Crippen LogP contribution in [0.3, 0.4) is 0 Å². The zero-order valence-corrected chi connectivity index (χ0v) is 10.1. The van der Waals surface area contributed by atoms with Gasteiger partial charge in [-0.2, -0.15) is 0 Å². The van der Waals surface area contributed by atoms with Crippen LogP contribution in [-0.4, -0.2) is 30.4 Å². The molecule has 0 aromatic heterocycles. The molecule has 0 aliphatic heterocycles. The third-order valence-electron chi connectivity index (χ3n) is 3.03. The maximum Gasteiger partial charge on any atom is 0.225 e. The third-order valence-corrected chi connectivity index (χ3v) is 3.03. The first-order valence-electron chi connectivity index (χ1n) is 6.01. The number of rotatable bonds is 5. The fourth-order valence-corrected chi connectivity index (χ4v) is 1.82. The predicted octanol–water partition coefficient (Wildman–Crippen LogP) is 1.69. The van der Waals surface area contributed by atoms with Gasteiger partial charge in [-0.25, -0.2) is 0 Å². The second-order valence-corrected chi connectivity index (χ2v) is 4.64. The number of nitrogens with zero attached hydrogens (tertiary/aromatic N) is 1. The lowest BCUT2D eigenvalue weighted by atomic mass is 10.2. The molecule has 0 unspecified atom stereocenters. The SMILES string of the molecule is CN(CCC(=O)Nc1cccc(N)c1)C1CC1. The highest BCUT2D eigenvalue weighted by Crippen LogP contribution is 2.25. The first kappa shape index (κ1) is 11.9. The summed E-state index contributed by atoms with van der Waals surface area (Å²) in [5, 5.41) is 2.85. The molecule has 1 aliphatic rings. The number of nitrogen functional groups attached to an aromatic ring is 1. The number of nitrogens with two attached hydrogens (primary N) is 1. The average Bonchev–Trinajstić information content (AvgIpc) is 3.09. The Bertz CT molecular complexity index is 401. The molecule has 4 heteroatoms. The fourth-order valence-electron chi connectivity index (χ4n) is 1.82. The van der Waals surface area contributed by atoms with Crippen LogP contribution >= 0.6 is 0 Å². The Balaban J connectivity index is 1.76. The predicted molar refractivity (Wildman–Crippen MR) is 69.8 cm³/mol. The molecule has 1 amide bonds. The van der Waals surface area contributed by atoms with Crippen molar-refractivity contribution in [2.24, 2.45) is 0 Å². The van der Waals surface area contributed by atoms with Crippen LogP contribution in [0, 0.1) is 0 Å². The van der Waals surface area contributed by atoms with Crippen LogP contribution in [-0.2, 0) is 4.79 Å². The molecule has 92 valence electrons. The van der Waals surface area contributed by atoms with Crippen molar-refractivity contribution < 1.29 is 4.79 Å². The van der Waals surface area contributed by atoms with Crippen molar-refractivity contribution in [3.05, 3.63) is 24.3 Å². The Labute approximate surface area is 102 Å². The molecule has 17 heavy (non-hydrogen) atoms. The van der Waals surface area contributed by atoms with Crippen molar-refractivity contribution >= 4 is 17.3 Å². The van der Waals surface area contributed by atoms with Gasteiger partial charge in [0.2, 0.25) is 5.91 Å². The van der Waals surface area contributed by atoms with Gasteiger partial charge in [-0.05, 0) is 38.1 Å². The minimum atomic E-state index is 0.0445. The van der Waals surface area contributed by atoms with Gasteiger partial charge in [-0.1, -0.05) is 6.07 Å². The fraction of sp³-hybridized carbons (Fsp3) is 0.462. The molecular formula is C13H19N3O. The molecular weight excluding hydrogens is 214 g/mol. The average molecular weight is 233 g/mol. The van der Waals surface area contributed by atoms with Crippen molar-refractivity contribution in [2.75, 3.05) is 24.6 Å². The van der Waals surface area contributed by atoms with Gasteiger partial charge in [-0.15, -0.1) is 0 Å². The summed E-state index contributed by atoms with van der Waals surface area (Å²) >= 11 is 0. The molecule has 0 heterocycles. The van der Waals surface area contributed by atoms with Crippen LogP contribution in [0.15, 0.2) is 24.3 Å². The lowest BCUT2D eigenvalue weighted by molar-refractivity contribution is -0.116. The van der Waals surface area contributed by atoms with Crippen LogP contribution in [0.4, 0.5) is 11.4 Å². The molecule has 1 aliphatic carbocycles. The van der Waals surface area contributed by atoms with E-state index in [0.29, 0.717) is 18.2 Å². The van der Waals surface area contributed by atoms with Gasteiger partial charge in [0.05, 0.1) is 0 Å². The van der Waals surface area contributed by atoms with Gasteiger partial charge in [0.1, 0.15) is 0 Å². The highest BCUT2D eigenvalue weighted by Gasteiger charge is 2.25. The zero-order valence-electron chi connectivity index (χ0n) is 10.1. The molecule has 3 N–H and O–H groups in total. The van der Waals surface area contributed by atoms with Gasteiger partial charge in [0.25, 0.3) is 0 Å². The second kappa shape index (κ2) is 5.19. The van der Waals surface area contributed by atoms with E-state index in [1.165, 1.54) is 12.8 Å². The number of carbonyl (C=O) groups excluding carboxylic acids is 1. The maximum absolute atomic E-state index is 11.7. The van der Waals surface area contributed by atoms with Crippen LogP contribution in [0.25, 0.3) is 0 Å². The highest BCUT2D eigenvalue weighted by atomic mass is 16.1. The van der Waals surface area contributed by atoms with Crippen molar-refractivity contribution in [3.63, 3.8) is 0 Å². The van der Waals surface area contributed by atoms with E-state index in [2.05, 4.69) is 17.3 Å². The van der Waals surface area contributed by atoms with E-state index >= 15 is 0 Å². The monoisotopic (exact) mass is 233 g/mol. The molecule has 1 saturated carbocycles. The van der Waals surface area contributed by atoms with Gasteiger partial charge in [0, 0.05) is 30.4 Å². The summed E-state index contributed by atoms with van der Waals surface area (Å²) in [6.07, 6.45) is 3.07. The molecule has 0 spiro atoms. The Morgan fingerprint density at radius 1 is 1.53 bits per heavy atom. The van der Waals surface area contributed by atoms with E-state index in [9.17, 15) is 4.79 Å². The number of hydrogen-bond acceptors (Lipinski definition) is 3. The molecule has 0 saturated heterocycles. The van der Waals surface area contributed by atoms with Gasteiger partial charge in [0.15, 0.2) is 0 Å². The maximum atomic E-state index is 11.7. The van der Waals surface area contributed by atoms with E-state index in [1.54, 1.807) is 12.1 Å². The molecule has 0 radical (unpaired) electrons. The van der Waals surface area contributed by atoms with E-state index < -0.39 is 0 Å². The highest BCUT2D eigenvalue weighted by molar-refractivity contribution is 5.91. The summed E-state index contributed by atoms with van der Waals surface area (Å²) in [6, 6.07) is 7.95. The summed E-state index contributed by atoms with van der Waals surface area (Å²) in [5.74, 6) is 0.0445. The number of nitrogens with one attached hydrogen (secondary N) is 1. The summed E-state index contributed by atoms with van der Waals surface area (Å²) in [7, 11) is 2.07. The minimum Gasteiger partial charge on any atom is -0.399 e. The standard InChI is InChI=1S/C13H19N3O/c1-16(12-5-6-12)8-7-13(17)15-11-4-2-3-10(14)9-11/h2-4,9,12H,5-8,14H2,1H3,(H,15,17). The van der Waals surface area contributed by atoms with Crippen molar-refractivity contribution in [1.82, 2.24) is 4.90 Å². The Morgan fingerprint density at radius 3 is 2.94 bits per heavy atom. The van der Waals surface area contributed by atoms with Crippen LogP contribution in [0.1, 0.15) is 19.3 Å². The van der Waals surface area contributed by atoms with E-state index in [1.807, 2.05) is 12.1 Å². The quantitative estimate of drug-likeness (QED) is 0.761. The number of anilines is 2. The molecule has 1 aromatic carbocycles.